The lowest BCUT2D eigenvalue weighted by molar-refractivity contribution is 0.714. The van der Waals surface area contributed by atoms with Gasteiger partial charge in [0, 0.05) is 17.6 Å². The minimum Gasteiger partial charge on any atom is -0.229 e. The van der Waals surface area contributed by atoms with E-state index < -0.39 is 0 Å². The Morgan fingerprint density at radius 2 is 1.92 bits per heavy atom. The summed E-state index contributed by atoms with van der Waals surface area (Å²) < 4.78 is 1.61. The van der Waals surface area contributed by atoms with Crippen LogP contribution in [-0.4, -0.2) is 20.2 Å². The first-order valence-electron chi connectivity index (χ1n) is 3.75. The summed E-state index contributed by atoms with van der Waals surface area (Å²) in [6, 6.07) is 7.39. The van der Waals surface area contributed by atoms with Crippen LogP contribution in [0, 0.1) is 0 Å². The van der Waals surface area contributed by atoms with Crippen molar-refractivity contribution in [3.8, 4) is 11.4 Å². The Bertz CT molecular complexity index is 406. The Morgan fingerprint density at radius 1 is 1.23 bits per heavy atom. The molecular formula is C8H7ClN4. The molecule has 0 unspecified atom stereocenters. The van der Waals surface area contributed by atoms with Crippen molar-refractivity contribution in [2.75, 3.05) is 0 Å². The zero-order valence-electron chi connectivity index (χ0n) is 6.98. The van der Waals surface area contributed by atoms with E-state index in [1.807, 2.05) is 24.3 Å². The summed E-state index contributed by atoms with van der Waals surface area (Å²) in [7, 11) is 1.80. The third-order valence-electron chi connectivity index (χ3n) is 1.72. The van der Waals surface area contributed by atoms with Gasteiger partial charge in [-0.25, -0.2) is 4.68 Å². The first-order valence-corrected chi connectivity index (χ1v) is 4.13. The molecule has 0 N–H and O–H groups in total. The normalized spacial score (nSPS) is 10.3. The number of aryl methyl sites for hydroxylation is 1. The highest BCUT2D eigenvalue weighted by Crippen LogP contribution is 2.17. The summed E-state index contributed by atoms with van der Waals surface area (Å²) in [4.78, 5) is 0. The molecule has 0 saturated heterocycles. The molecule has 0 atom stereocenters. The first kappa shape index (κ1) is 8.19. The van der Waals surface area contributed by atoms with Crippen molar-refractivity contribution < 1.29 is 0 Å². The quantitative estimate of drug-likeness (QED) is 0.692. The molecule has 0 radical (unpaired) electrons. The predicted octanol–water partition coefficient (Wildman–Crippen LogP) is 1.53. The summed E-state index contributed by atoms with van der Waals surface area (Å²) in [6.45, 7) is 0. The number of hydrogen-bond acceptors (Lipinski definition) is 3. The summed E-state index contributed by atoms with van der Waals surface area (Å²) in [5.41, 5.74) is 0.955. The molecule has 0 aliphatic heterocycles. The fraction of sp³-hybridized carbons (Fsp3) is 0.125. The van der Waals surface area contributed by atoms with E-state index in [1.165, 1.54) is 0 Å². The zero-order valence-corrected chi connectivity index (χ0v) is 7.73. The van der Waals surface area contributed by atoms with Crippen LogP contribution in [0.5, 0.6) is 0 Å². The smallest absolute Gasteiger partial charge is 0.181 e. The molecule has 13 heavy (non-hydrogen) atoms. The number of tetrazole rings is 1. The largest absolute Gasteiger partial charge is 0.229 e. The highest BCUT2D eigenvalue weighted by molar-refractivity contribution is 6.30. The van der Waals surface area contributed by atoms with E-state index in [9.17, 15) is 0 Å². The second kappa shape index (κ2) is 3.14. The van der Waals surface area contributed by atoms with Crippen LogP contribution in [0.15, 0.2) is 24.3 Å². The molecule has 1 aromatic carbocycles. The van der Waals surface area contributed by atoms with Gasteiger partial charge in [-0.05, 0) is 34.7 Å². The van der Waals surface area contributed by atoms with Gasteiger partial charge in [0.1, 0.15) is 0 Å². The van der Waals surface area contributed by atoms with E-state index in [0.717, 1.165) is 11.4 Å². The van der Waals surface area contributed by atoms with Gasteiger partial charge < -0.3 is 0 Å². The molecular weight excluding hydrogens is 188 g/mol. The molecule has 4 nitrogen and oxygen atoms in total. The molecule has 1 aromatic heterocycles. The van der Waals surface area contributed by atoms with Gasteiger partial charge in [-0.3, -0.25) is 0 Å². The van der Waals surface area contributed by atoms with Crippen LogP contribution in [0.1, 0.15) is 0 Å². The third kappa shape index (κ3) is 1.53. The van der Waals surface area contributed by atoms with E-state index in [-0.39, 0.29) is 0 Å². The van der Waals surface area contributed by atoms with Gasteiger partial charge in [0.05, 0.1) is 0 Å². The molecule has 0 amide bonds. The van der Waals surface area contributed by atoms with E-state index >= 15 is 0 Å². The lowest BCUT2D eigenvalue weighted by Gasteiger charge is -1.97. The Labute approximate surface area is 80.1 Å². The monoisotopic (exact) mass is 194 g/mol. The van der Waals surface area contributed by atoms with Gasteiger partial charge in [0.2, 0.25) is 0 Å². The van der Waals surface area contributed by atoms with E-state index in [4.69, 9.17) is 11.6 Å². The number of benzene rings is 1. The second-order valence-corrected chi connectivity index (χ2v) is 3.07. The highest BCUT2D eigenvalue weighted by Gasteiger charge is 2.04. The maximum atomic E-state index is 5.75. The van der Waals surface area contributed by atoms with Gasteiger partial charge in [-0.2, -0.15) is 0 Å². The summed E-state index contributed by atoms with van der Waals surface area (Å²) in [5, 5.41) is 11.9. The Morgan fingerprint density at radius 3 is 2.46 bits per heavy atom. The van der Waals surface area contributed by atoms with Gasteiger partial charge >= 0.3 is 0 Å². The zero-order chi connectivity index (χ0) is 9.26. The predicted molar refractivity (Wildman–Crippen MR) is 49.2 cm³/mol. The average Bonchev–Trinajstić information content (AvgIpc) is 2.53. The third-order valence-corrected chi connectivity index (χ3v) is 1.97. The fourth-order valence-electron chi connectivity index (χ4n) is 1.07. The Hall–Kier alpha value is -1.42. The Balaban J connectivity index is 2.47. The van der Waals surface area contributed by atoms with Crippen molar-refractivity contribution in [2.45, 2.75) is 0 Å². The molecule has 1 heterocycles. The number of nitrogens with zero attached hydrogens (tertiary/aromatic N) is 4. The molecule has 0 aliphatic carbocycles. The Kier molecular flexibility index (Phi) is 1.98. The lowest BCUT2D eigenvalue weighted by atomic mass is 10.2. The minimum absolute atomic E-state index is 0.707. The highest BCUT2D eigenvalue weighted by atomic mass is 35.5. The fourth-order valence-corrected chi connectivity index (χ4v) is 1.20. The molecule has 0 aliphatic rings. The maximum Gasteiger partial charge on any atom is 0.181 e. The molecule has 66 valence electrons. The van der Waals surface area contributed by atoms with Gasteiger partial charge in [-0.1, -0.05) is 11.6 Å². The van der Waals surface area contributed by atoms with Gasteiger partial charge in [0.25, 0.3) is 0 Å². The van der Waals surface area contributed by atoms with Crippen molar-refractivity contribution in [1.82, 2.24) is 20.2 Å². The SMILES string of the molecule is Cn1nnnc1-c1ccc(Cl)cc1. The summed E-state index contributed by atoms with van der Waals surface area (Å²) >= 11 is 5.75. The summed E-state index contributed by atoms with van der Waals surface area (Å²) in [5.74, 6) is 0.733. The van der Waals surface area contributed by atoms with Gasteiger partial charge in [-0.15, -0.1) is 5.10 Å². The van der Waals surface area contributed by atoms with Gasteiger partial charge in [0.15, 0.2) is 5.82 Å². The van der Waals surface area contributed by atoms with Crippen LogP contribution in [0.3, 0.4) is 0 Å². The average molecular weight is 195 g/mol. The van der Waals surface area contributed by atoms with E-state index in [0.29, 0.717) is 5.02 Å². The molecule has 0 bridgehead atoms. The van der Waals surface area contributed by atoms with Crippen molar-refractivity contribution in [3.63, 3.8) is 0 Å². The van der Waals surface area contributed by atoms with Crippen LogP contribution in [0.25, 0.3) is 11.4 Å². The van der Waals surface area contributed by atoms with Crippen LogP contribution in [-0.2, 0) is 7.05 Å². The summed E-state index contributed by atoms with van der Waals surface area (Å²) in [6.07, 6.45) is 0. The topological polar surface area (TPSA) is 43.6 Å². The molecule has 2 aromatic rings. The number of rotatable bonds is 1. The molecule has 0 saturated carbocycles. The van der Waals surface area contributed by atoms with Crippen LogP contribution in [0.4, 0.5) is 0 Å². The number of aromatic nitrogens is 4. The number of halogens is 1. The molecule has 5 heteroatoms. The van der Waals surface area contributed by atoms with Crippen LogP contribution >= 0.6 is 11.6 Å². The van der Waals surface area contributed by atoms with Crippen molar-refractivity contribution in [3.05, 3.63) is 29.3 Å². The first-order chi connectivity index (χ1) is 6.27. The molecule has 0 spiro atoms. The second-order valence-electron chi connectivity index (χ2n) is 2.63. The molecule has 2 rings (SSSR count). The van der Waals surface area contributed by atoms with Crippen LogP contribution < -0.4 is 0 Å². The lowest BCUT2D eigenvalue weighted by Crippen LogP contribution is -1.93. The standard InChI is InChI=1S/C8H7ClN4/c1-13-8(10-11-12-13)6-2-4-7(9)5-3-6/h2-5H,1H3. The number of hydrogen-bond donors (Lipinski definition) is 0. The van der Waals surface area contributed by atoms with Crippen molar-refractivity contribution in [1.29, 1.82) is 0 Å². The van der Waals surface area contributed by atoms with Crippen molar-refractivity contribution in [2.24, 2.45) is 7.05 Å². The molecule has 0 fully saturated rings. The van der Waals surface area contributed by atoms with Crippen LogP contribution in [0.2, 0.25) is 5.02 Å². The maximum absolute atomic E-state index is 5.75. The van der Waals surface area contributed by atoms with E-state index in [2.05, 4.69) is 15.5 Å². The van der Waals surface area contributed by atoms with Crippen molar-refractivity contribution >= 4 is 11.6 Å². The van der Waals surface area contributed by atoms with E-state index in [1.54, 1.807) is 11.7 Å². The minimum atomic E-state index is 0.707.